The van der Waals surface area contributed by atoms with Gasteiger partial charge in [0.05, 0.1) is 0 Å². The number of hydrogen-bond donors (Lipinski definition) is 1. The zero-order valence-electron chi connectivity index (χ0n) is 10.8. The second kappa shape index (κ2) is 7.00. The highest BCUT2D eigenvalue weighted by molar-refractivity contribution is 5.85. The van der Waals surface area contributed by atoms with Crippen molar-refractivity contribution in [2.24, 2.45) is 0 Å². The fourth-order valence-corrected chi connectivity index (χ4v) is 2.26. The molecule has 1 unspecified atom stereocenters. The molecule has 17 heavy (non-hydrogen) atoms. The molecule has 1 atom stereocenters. The van der Waals surface area contributed by atoms with Gasteiger partial charge in [0.1, 0.15) is 0 Å². The van der Waals surface area contributed by atoms with E-state index in [0.29, 0.717) is 6.04 Å². The number of halogens is 1. The summed E-state index contributed by atoms with van der Waals surface area (Å²) >= 11 is 0. The average molecular weight is 255 g/mol. The lowest BCUT2D eigenvalue weighted by Crippen LogP contribution is -2.49. The third-order valence-electron chi connectivity index (χ3n) is 3.29. The Labute approximate surface area is 111 Å². The SMILES string of the molecule is Cc1ccc(CCN2CCNC(C)C2)cc1.Cl. The van der Waals surface area contributed by atoms with Crippen LogP contribution < -0.4 is 5.32 Å². The first-order valence-electron chi connectivity index (χ1n) is 6.25. The molecule has 0 radical (unpaired) electrons. The van der Waals surface area contributed by atoms with Crippen molar-refractivity contribution in [1.29, 1.82) is 0 Å². The normalized spacial score (nSPS) is 20.9. The van der Waals surface area contributed by atoms with Gasteiger partial charge in [0.15, 0.2) is 0 Å². The Bertz CT molecular complexity index is 323. The van der Waals surface area contributed by atoms with Gasteiger partial charge < -0.3 is 10.2 Å². The van der Waals surface area contributed by atoms with E-state index in [4.69, 9.17) is 0 Å². The molecule has 2 rings (SSSR count). The quantitative estimate of drug-likeness (QED) is 0.890. The number of hydrogen-bond acceptors (Lipinski definition) is 2. The van der Waals surface area contributed by atoms with E-state index in [9.17, 15) is 0 Å². The van der Waals surface area contributed by atoms with Crippen molar-refractivity contribution in [3.05, 3.63) is 35.4 Å². The Balaban J connectivity index is 0.00000144. The summed E-state index contributed by atoms with van der Waals surface area (Å²) in [6, 6.07) is 9.56. The molecule has 0 saturated carbocycles. The van der Waals surface area contributed by atoms with Crippen LogP contribution in [-0.4, -0.2) is 37.1 Å². The Morgan fingerprint density at radius 2 is 2.00 bits per heavy atom. The number of nitrogens with one attached hydrogen (secondary N) is 1. The summed E-state index contributed by atoms with van der Waals surface area (Å²) in [7, 11) is 0. The first kappa shape index (κ1) is 14.5. The molecule has 0 spiro atoms. The van der Waals surface area contributed by atoms with Crippen LogP contribution in [0.25, 0.3) is 0 Å². The van der Waals surface area contributed by atoms with Gasteiger partial charge >= 0.3 is 0 Å². The summed E-state index contributed by atoms with van der Waals surface area (Å²) < 4.78 is 0. The number of aryl methyl sites for hydroxylation is 1. The lowest BCUT2D eigenvalue weighted by molar-refractivity contribution is 0.209. The van der Waals surface area contributed by atoms with Crippen molar-refractivity contribution in [3.63, 3.8) is 0 Å². The molecule has 1 heterocycles. The molecule has 1 N–H and O–H groups in total. The van der Waals surface area contributed by atoms with E-state index in [1.165, 1.54) is 37.2 Å². The van der Waals surface area contributed by atoms with Crippen LogP contribution in [0.3, 0.4) is 0 Å². The second-order valence-electron chi connectivity index (χ2n) is 4.89. The minimum Gasteiger partial charge on any atom is -0.312 e. The van der Waals surface area contributed by atoms with Crippen molar-refractivity contribution in [2.45, 2.75) is 26.3 Å². The van der Waals surface area contributed by atoms with E-state index in [-0.39, 0.29) is 12.4 Å². The molecule has 96 valence electrons. The van der Waals surface area contributed by atoms with Crippen LogP contribution >= 0.6 is 12.4 Å². The Hall–Kier alpha value is -0.570. The molecular weight excluding hydrogens is 232 g/mol. The largest absolute Gasteiger partial charge is 0.312 e. The molecule has 1 aromatic rings. The van der Waals surface area contributed by atoms with Crippen molar-refractivity contribution in [3.8, 4) is 0 Å². The summed E-state index contributed by atoms with van der Waals surface area (Å²) in [5, 5.41) is 3.48. The van der Waals surface area contributed by atoms with Crippen LogP contribution in [-0.2, 0) is 6.42 Å². The van der Waals surface area contributed by atoms with Crippen molar-refractivity contribution < 1.29 is 0 Å². The monoisotopic (exact) mass is 254 g/mol. The summed E-state index contributed by atoms with van der Waals surface area (Å²) in [5.41, 5.74) is 2.80. The van der Waals surface area contributed by atoms with Gasteiger partial charge in [-0.15, -0.1) is 12.4 Å². The molecule has 0 aromatic heterocycles. The van der Waals surface area contributed by atoms with E-state index in [2.05, 4.69) is 48.3 Å². The van der Waals surface area contributed by atoms with Crippen LogP contribution in [0, 0.1) is 6.92 Å². The first-order valence-corrected chi connectivity index (χ1v) is 6.25. The van der Waals surface area contributed by atoms with Gasteiger partial charge in [0, 0.05) is 32.2 Å². The van der Waals surface area contributed by atoms with Crippen molar-refractivity contribution in [1.82, 2.24) is 10.2 Å². The van der Waals surface area contributed by atoms with Gasteiger partial charge in [0.25, 0.3) is 0 Å². The Kier molecular flexibility index (Phi) is 5.96. The number of benzene rings is 1. The summed E-state index contributed by atoms with van der Waals surface area (Å²) in [4.78, 5) is 2.56. The molecular formula is C14H23ClN2. The molecule has 0 bridgehead atoms. The highest BCUT2D eigenvalue weighted by atomic mass is 35.5. The lowest BCUT2D eigenvalue weighted by Gasteiger charge is -2.31. The zero-order valence-corrected chi connectivity index (χ0v) is 11.6. The molecule has 1 aliphatic rings. The molecule has 1 aliphatic heterocycles. The molecule has 3 heteroatoms. The predicted octanol–water partition coefficient (Wildman–Crippen LogP) is 2.25. The number of rotatable bonds is 3. The highest BCUT2D eigenvalue weighted by Crippen LogP contribution is 2.06. The van der Waals surface area contributed by atoms with Crippen LogP contribution in [0.2, 0.25) is 0 Å². The van der Waals surface area contributed by atoms with Gasteiger partial charge in [-0.25, -0.2) is 0 Å². The lowest BCUT2D eigenvalue weighted by atomic mass is 10.1. The Morgan fingerprint density at radius 1 is 1.29 bits per heavy atom. The van der Waals surface area contributed by atoms with Crippen LogP contribution in [0.1, 0.15) is 18.1 Å². The minimum absolute atomic E-state index is 0. The third-order valence-corrected chi connectivity index (χ3v) is 3.29. The van der Waals surface area contributed by atoms with E-state index in [1.807, 2.05) is 0 Å². The molecule has 0 aliphatic carbocycles. The summed E-state index contributed by atoms with van der Waals surface area (Å²) in [5.74, 6) is 0. The number of piperazine rings is 1. The maximum absolute atomic E-state index is 3.48. The van der Waals surface area contributed by atoms with Crippen molar-refractivity contribution in [2.75, 3.05) is 26.2 Å². The fourth-order valence-electron chi connectivity index (χ4n) is 2.26. The second-order valence-corrected chi connectivity index (χ2v) is 4.89. The van der Waals surface area contributed by atoms with Crippen LogP contribution in [0.4, 0.5) is 0 Å². The van der Waals surface area contributed by atoms with E-state index in [0.717, 1.165) is 6.54 Å². The molecule has 0 amide bonds. The summed E-state index contributed by atoms with van der Waals surface area (Å²) in [6.45, 7) is 9.10. The maximum Gasteiger partial charge on any atom is 0.0167 e. The standard InChI is InChI=1S/C14H22N2.ClH/c1-12-3-5-14(6-4-12)7-9-16-10-8-15-13(2)11-16;/h3-6,13,15H,7-11H2,1-2H3;1H. The third kappa shape index (κ3) is 4.66. The van der Waals surface area contributed by atoms with Crippen LogP contribution in [0.5, 0.6) is 0 Å². The van der Waals surface area contributed by atoms with E-state index < -0.39 is 0 Å². The van der Waals surface area contributed by atoms with Gasteiger partial charge in [-0.05, 0) is 25.8 Å². The molecule has 1 fully saturated rings. The molecule has 2 nitrogen and oxygen atoms in total. The highest BCUT2D eigenvalue weighted by Gasteiger charge is 2.14. The van der Waals surface area contributed by atoms with Crippen molar-refractivity contribution >= 4 is 12.4 Å². The number of nitrogens with zero attached hydrogens (tertiary/aromatic N) is 1. The van der Waals surface area contributed by atoms with Crippen LogP contribution in [0.15, 0.2) is 24.3 Å². The molecule has 1 saturated heterocycles. The summed E-state index contributed by atoms with van der Waals surface area (Å²) in [6.07, 6.45) is 1.17. The smallest absolute Gasteiger partial charge is 0.0167 e. The van der Waals surface area contributed by atoms with Gasteiger partial charge in [-0.2, -0.15) is 0 Å². The maximum atomic E-state index is 3.48. The Morgan fingerprint density at radius 3 is 2.65 bits per heavy atom. The fraction of sp³-hybridized carbons (Fsp3) is 0.571. The van der Waals surface area contributed by atoms with Gasteiger partial charge in [-0.1, -0.05) is 29.8 Å². The average Bonchev–Trinajstić information content (AvgIpc) is 2.28. The van der Waals surface area contributed by atoms with E-state index >= 15 is 0 Å². The molecule has 1 aromatic carbocycles. The minimum atomic E-state index is 0. The van der Waals surface area contributed by atoms with Gasteiger partial charge in [-0.3, -0.25) is 0 Å². The topological polar surface area (TPSA) is 15.3 Å². The van der Waals surface area contributed by atoms with E-state index in [1.54, 1.807) is 0 Å². The zero-order chi connectivity index (χ0) is 11.4. The first-order chi connectivity index (χ1) is 7.74. The van der Waals surface area contributed by atoms with Gasteiger partial charge in [0.2, 0.25) is 0 Å². The predicted molar refractivity (Wildman–Crippen MR) is 76.0 cm³/mol.